The zero-order valence-corrected chi connectivity index (χ0v) is 11.3. The van der Waals surface area contributed by atoms with E-state index >= 15 is 0 Å². The molecule has 0 bridgehead atoms. The van der Waals surface area contributed by atoms with E-state index in [1.165, 1.54) is 42.9 Å². The summed E-state index contributed by atoms with van der Waals surface area (Å²) >= 11 is 2.73. The van der Waals surface area contributed by atoms with Crippen molar-refractivity contribution in [2.75, 3.05) is 0 Å². The topological polar surface area (TPSA) is 107 Å². The first-order chi connectivity index (χ1) is 6.32. The third-order valence-corrected chi connectivity index (χ3v) is 3.11. The van der Waals surface area contributed by atoms with Gasteiger partial charge in [-0.3, -0.25) is 0 Å². The van der Waals surface area contributed by atoms with E-state index in [0.29, 0.717) is 0 Å². The first-order valence-electron chi connectivity index (χ1n) is 2.86. The first-order valence-corrected chi connectivity index (χ1v) is 6.14. The SMILES string of the molecule is O=C(CC(C(=O)[O][Au])S(=O)(=O)O)[O][Au]. The minimum atomic E-state index is -4.67. The molecule has 0 aliphatic carbocycles. The predicted octanol–water partition coefficient (Wildman–Crippen LogP) is -1.36. The molecule has 0 aromatic heterocycles. The molecule has 0 aliphatic rings. The van der Waals surface area contributed by atoms with Gasteiger partial charge in [0, 0.05) is 0 Å². The average Bonchev–Trinajstić information content (AvgIpc) is 2.10. The van der Waals surface area contributed by atoms with E-state index in [0.717, 1.165) is 0 Å². The molecule has 7 nitrogen and oxygen atoms in total. The molecular weight excluding hydrogens is 586 g/mol. The maximum atomic E-state index is 10.8. The van der Waals surface area contributed by atoms with Crippen molar-refractivity contribution in [1.82, 2.24) is 0 Å². The number of hydrogen-bond acceptors (Lipinski definition) is 6. The Balaban J connectivity index is 4.76. The third-order valence-electron chi connectivity index (χ3n) is 1.10. The van der Waals surface area contributed by atoms with Gasteiger partial charge in [0.15, 0.2) is 0 Å². The van der Waals surface area contributed by atoms with Crippen molar-refractivity contribution >= 4 is 22.1 Å². The Hall–Kier alpha value is 0.331. The van der Waals surface area contributed by atoms with Crippen LogP contribution in [0, 0.1) is 0 Å². The van der Waals surface area contributed by atoms with E-state index < -0.39 is 33.7 Å². The van der Waals surface area contributed by atoms with Gasteiger partial charge in [0.2, 0.25) is 0 Å². The van der Waals surface area contributed by atoms with Crippen LogP contribution in [-0.4, -0.2) is 30.2 Å². The van der Waals surface area contributed by atoms with E-state index in [1.54, 1.807) is 0 Å². The summed E-state index contributed by atoms with van der Waals surface area (Å²) < 4.78 is 37.9. The second-order valence-corrected chi connectivity index (χ2v) is 4.51. The van der Waals surface area contributed by atoms with Crippen molar-refractivity contribution in [3.8, 4) is 0 Å². The van der Waals surface area contributed by atoms with Crippen LogP contribution in [0.5, 0.6) is 0 Å². The van der Waals surface area contributed by atoms with Gasteiger partial charge >= 0.3 is 106 Å². The Morgan fingerprint density at radius 3 is 2.07 bits per heavy atom. The zero-order valence-electron chi connectivity index (χ0n) is 6.19. The summed E-state index contributed by atoms with van der Waals surface area (Å²) in [6, 6.07) is 0. The van der Waals surface area contributed by atoms with Gasteiger partial charge < -0.3 is 0 Å². The van der Waals surface area contributed by atoms with Gasteiger partial charge in [0.05, 0.1) is 0 Å². The van der Waals surface area contributed by atoms with Crippen molar-refractivity contribution in [3.63, 3.8) is 0 Å². The monoisotopic (exact) mass is 590 g/mol. The van der Waals surface area contributed by atoms with E-state index in [9.17, 15) is 18.0 Å². The van der Waals surface area contributed by atoms with Crippen molar-refractivity contribution in [2.45, 2.75) is 11.7 Å². The fourth-order valence-corrected chi connectivity index (χ4v) is 1.82. The summed E-state index contributed by atoms with van der Waals surface area (Å²) in [6.07, 6.45) is -0.799. The van der Waals surface area contributed by atoms with Crippen LogP contribution in [0.1, 0.15) is 6.42 Å². The van der Waals surface area contributed by atoms with Crippen LogP contribution in [0.25, 0.3) is 0 Å². The first kappa shape index (κ1) is 14.3. The normalized spacial score (nSPS) is 13.2. The van der Waals surface area contributed by atoms with E-state index in [1.807, 2.05) is 0 Å². The molecule has 1 N–H and O–H groups in total. The summed E-state index contributed by atoms with van der Waals surface area (Å²) in [5, 5.41) is -1.95. The van der Waals surface area contributed by atoms with Crippen LogP contribution >= 0.6 is 0 Å². The Labute approximate surface area is 105 Å². The molecule has 0 amide bonds. The standard InChI is InChI=1S/C4H6O7S.2Au/c5-3(6)1-2(4(7)8)12(9,10)11;;/h2H,1H2,(H,5,6)(H,7,8)(H,9,10,11);;/q;2*+1/p-2. The fourth-order valence-electron chi connectivity index (χ4n) is 0.526. The molecule has 0 radical (unpaired) electrons. The molecule has 0 aromatic carbocycles. The summed E-state index contributed by atoms with van der Waals surface area (Å²) in [6.45, 7) is 0. The van der Waals surface area contributed by atoms with Crippen LogP contribution in [0.3, 0.4) is 0 Å². The van der Waals surface area contributed by atoms with Gasteiger partial charge in [-0.1, -0.05) is 0 Å². The van der Waals surface area contributed by atoms with Gasteiger partial charge in [-0.05, 0) is 0 Å². The van der Waals surface area contributed by atoms with Crippen LogP contribution in [0.2, 0.25) is 0 Å². The van der Waals surface area contributed by atoms with Gasteiger partial charge in [-0.2, -0.15) is 0 Å². The molecule has 0 saturated heterocycles. The van der Waals surface area contributed by atoms with Crippen LogP contribution in [0.15, 0.2) is 0 Å². The average molecular weight is 590 g/mol. The van der Waals surface area contributed by atoms with E-state index in [-0.39, 0.29) is 0 Å². The molecule has 14 heavy (non-hydrogen) atoms. The molecule has 90 valence electrons. The Morgan fingerprint density at radius 2 is 1.79 bits per heavy atom. The van der Waals surface area contributed by atoms with E-state index in [2.05, 4.69) is 6.49 Å². The minimum absolute atomic E-state index is 0.799. The van der Waals surface area contributed by atoms with Gasteiger partial charge in [-0.25, -0.2) is 0 Å². The Kier molecular flexibility index (Phi) is 6.17. The number of hydrogen-bond donors (Lipinski definition) is 1. The quantitative estimate of drug-likeness (QED) is 0.319. The van der Waals surface area contributed by atoms with Gasteiger partial charge in [0.25, 0.3) is 0 Å². The maximum absolute atomic E-state index is 10.8. The number of carbonyl (C=O) groups excluding carboxylic acids is 2. The third kappa shape index (κ3) is 4.71. The molecule has 0 rings (SSSR count). The van der Waals surface area contributed by atoms with Gasteiger partial charge in [-0.15, -0.1) is 0 Å². The molecule has 0 heterocycles. The molecule has 10 heteroatoms. The summed E-state index contributed by atoms with van der Waals surface area (Å²) in [5.41, 5.74) is 0. The van der Waals surface area contributed by atoms with E-state index in [4.69, 9.17) is 4.55 Å². The molecule has 0 aromatic rings. The number of rotatable bonds is 4. The van der Waals surface area contributed by atoms with Crippen LogP contribution in [0.4, 0.5) is 0 Å². The number of carbonyl (C=O) groups is 2. The molecular formula is C4H4Au2O7S. The fraction of sp³-hybridized carbons (Fsp3) is 0.500. The Bertz CT molecular complexity index is 323. The molecule has 0 spiro atoms. The van der Waals surface area contributed by atoms with Crippen molar-refractivity contribution in [1.29, 1.82) is 0 Å². The van der Waals surface area contributed by atoms with Crippen LogP contribution in [-0.2, 0) is 69.1 Å². The second kappa shape index (κ2) is 6.03. The molecule has 1 atom stereocenters. The molecule has 0 aliphatic heterocycles. The predicted molar refractivity (Wildman–Crippen MR) is 32.1 cm³/mol. The molecule has 0 fully saturated rings. The van der Waals surface area contributed by atoms with Crippen LogP contribution < -0.4 is 0 Å². The summed E-state index contributed by atoms with van der Waals surface area (Å²) in [5.74, 6) is -2.20. The van der Waals surface area contributed by atoms with Crippen molar-refractivity contribution in [2.24, 2.45) is 0 Å². The zero-order chi connectivity index (χ0) is 11.4. The van der Waals surface area contributed by atoms with Crippen molar-refractivity contribution in [3.05, 3.63) is 0 Å². The summed E-state index contributed by atoms with van der Waals surface area (Å²) in [4.78, 5) is 21.5. The summed E-state index contributed by atoms with van der Waals surface area (Å²) in [7, 11) is -4.67. The molecule has 0 saturated carbocycles. The Morgan fingerprint density at radius 1 is 1.29 bits per heavy atom. The molecule has 1 unspecified atom stereocenters. The van der Waals surface area contributed by atoms with Gasteiger partial charge in [0.1, 0.15) is 0 Å². The second-order valence-electron chi connectivity index (χ2n) is 2.02. The van der Waals surface area contributed by atoms with Crippen molar-refractivity contribution < 1.29 is 72.0 Å².